The summed E-state index contributed by atoms with van der Waals surface area (Å²) < 4.78 is 18.5. The molecule has 1 aromatic carbocycles. The lowest BCUT2D eigenvalue weighted by molar-refractivity contribution is 0.273. The maximum atomic E-state index is 13.4. The Bertz CT molecular complexity index is 441. The van der Waals surface area contributed by atoms with E-state index in [0.717, 1.165) is 23.9 Å². The van der Waals surface area contributed by atoms with Crippen LogP contribution in [0.1, 0.15) is 57.6 Å². The lowest BCUT2D eigenvalue weighted by atomic mass is 9.81. The summed E-state index contributed by atoms with van der Waals surface area (Å²) in [5, 5.41) is 3.55. The fraction of sp³-hybridized carbons (Fsp3) is 0.667. The van der Waals surface area contributed by atoms with E-state index in [0.29, 0.717) is 5.75 Å². The Morgan fingerprint density at radius 1 is 1.29 bits per heavy atom. The second kappa shape index (κ2) is 7.79. The van der Waals surface area contributed by atoms with Crippen molar-refractivity contribution in [2.45, 2.75) is 52.0 Å². The molecule has 0 spiro atoms. The van der Waals surface area contributed by atoms with Crippen molar-refractivity contribution in [1.29, 1.82) is 0 Å². The smallest absolute Gasteiger partial charge is 0.165 e. The molecule has 21 heavy (non-hydrogen) atoms. The van der Waals surface area contributed by atoms with Crippen LogP contribution in [-0.2, 0) is 0 Å². The minimum absolute atomic E-state index is 0.224. The summed E-state index contributed by atoms with van der Waals surface area (Å²) in [5.74, 6) is 1.82. The van der Waals surface area contributed by atoms with E-state index in [9.17, 15) is 4.39 Å². The predicted octanol–water partition coefficient (Wildman–Crippen LogP) is 4.70. The first kappa shape index (κ1) is 16.3. The molecule has 2 nitrogen and oxygen atoms in total. The van der Waals surface area contributed by atoms with E-state index in [1.807, 2.05) is 6.07 Å². The molecule has 0 heterocycles. The zero-order valence-electron chi connectivity index (χ0n) is 13.5. The Labute approximate surface area is 128 Å². The van der Waals surface area contributed by atoms with Gasteiger partial charge in [-0.15, -0.1) is 0 Å². The minimum atomic E-state index is -0.301. The molecule has 1 saturated carbocycles. The fourth-order valence-electron chi connectivity index (χ4n) is 3.19. The van der Waals surface area contributed by atoms with E-state index < -0.39 is 0 Å². The molecular weight excluding hydrogens is 265 g/mol. The average molecular weight is 293 g/mol. The standard InChI is InChI=1S/C18H28FNO/c1-13-4-6-15(7-5-13)10-11-20-14(2)16-8-9-17(19)18(12-16)21-3/h8-9,12-15,20H,4-7,10-11H2,1-3H3. The van der Waals surface area contributed by atoms with Crippen molar-refractivity contribution in [3.63, 3.8) is 0 Å². The zero-order valence-corrected chi connectivity index (χ0v) is 13.5. The van der Waals surface area contributed by atoms with E-state index in [-0.39, 0.29) is 11.9 Å². The van der Waals surface area contributed by atoms with Crippen LogP contribution in [0.25, 0.3) is 0 Å². The predicted molar refractivity (Wildman–Crippen MR) is 85.1 cm³/mol. The second-order valence-electron chi connectivity index (χ2n) is 6.48. The Kier molecular flexibility index (Phi) is 6.04. The van der Waals surface area contributed by atoms with Crippen LogP contribution in [0.15, 0.2) is 18.2 Å². The average Bonchev–Trinajstić information content (AvgIpc) is 2.49. The van der Waals surface area contributed by atoms with Gasteiger partial charge in [0.2, 0.25) is 0 Å². The number of hydrogen-bond acceptors (Lipinski definition) is 2. The van der Waals surface area contributed by atoms with Crippen LogP contribution in [0.3, 0.4) is 0 Å². The first-order chi connectivity index (χ1) is 10.1. The quantitative estimate of drug-likeness (QED) is 0.820. The third-order valence-corrected chi connectivity index (χ3v) is 4.81. The van der Waals surface area contributed by atoms with Crippen LogP contribution in [0.5, 0.6) is 5.75 Å². The number of halogens is 1. The fourth-order valence-corrected chi connectivity index (χ4v) is 3.19. The topological polar surface area (TPSA) is 21.3 Å². The van der Waals surface area contributed by atoms with Crippen molar-refractivity contribution >= 4 is 0 Å². The van der Waals surface area contributed by atoms with Gasteiger partial charge in [-0.2, -0.15) is 0 Å². The molecule has 1 aliphatic carbocycles. The van der Waals surface area contributed by atoms with E-state index in [2.05, 4.69) is 19.2 Å². The molecule has 0 saturated heterocycles. The van der Waals surface area contributed by atoms with Crippen molar-refractivity contribution in [2.24, 2.45) is 11.8 Å². The minimum Gasteiger partial charge on any atom is -0.494 e. The Morgan fingerprint density at radius 2 is 2.00 bits per heavy atom. The van der Waals surface area contributed by atoms with Crippen LogP contribution in [0, 0.1) is 17.7 Å². The molecular formula is C18H28FNO. The van der Waals surface area contributed by atoms with Gasteiger partial charge in [-0.3, -0.25) is 0 Å². The molecule has 118 valence electrons. The van der Waals surface area contributed by atoms with E-state index in [1.165, 1.54) is 45.3 Å². The highest BCUT2D eigenvalue weighted by atomic mass is 19.1. The highest BCUT2D eigenvalue weighted by Crippen LogP contribution is 2.30. The summed E-state index contributed by atoms with van der Waals surface area (Å²) in [7, 11) is 1.50. The zero-order chi connectivity index (χ0) is 15.2. The van der Waals surface area contributed by atoms with Crippen LogP contribution in [-0.4, -0.2) is 13.7 Å². The summed E-state index contributed by atoms with van der Waals surface area (Å²) >= 11 is 0. The molecule has 0 aromatic heterocycles. The normalized spacial score (nSPS) is 23.8. The molecule has 1 fully saturated rings. The largest absolute Gasteiger partial charge is 0.494 e. The monoisotopic (exact) mass is 293 g/mol. The highest BCUT2D eigenvalue weighted by molar-refractivity contribution is 5.31. The number of rotatable bonds is 6. The van der Waals surface area contributed by atoms with Gasteiger partial charge in [0.15, 0.2) is 11.6 Å². The second-order valence-corrected chi connectivity index (χ2v) is 6.48. The number of nitrogens with one attached hydrogen (secondary N) is 1. The number of benzene rings is 1. The number of methoxy groups -OCH3 is 1. The van der Waals surface area contributed by atoms with Crippen molar-refractivity contribution in [3.8, 4) is 5.75 Å². The molecule has 0 amide bonds. The molecule has 1 aliphatic rings. The van der Waals surface area contributed by atoms with Gasteiger partial charge in [0.05, 0.1) is 7.11 Å². The highest BCUT2D eigenvalue weighted by Gasteiger charge is 2.18. The van der Waals surface area contributed by atoms with E-state index >= 15 is 0 Å². The van der Waals surface area contributed by atoms with Gasteiger partial charge < -0.3 is 10.1 Å². The summed E-state index contributed by atoms with van der Waals surface area (Å²) in [5.41, 5.74) is 1.07. The molecule has 0 radical (unpaired) electrons. The first-order valence-corrected chi connectivity index (χ1v) is 8.17. The van der Waals surface area contributed by atoms with Crippen molar-refractivity contribution in [1.82, 2.24) is 5.32 Å². The molecule has 1 aromatic rings. The SMILES string of the molecule is COc1cc(C(C)NCCC2CCC(C)CC2)ccc1F. The van der Waals surface area contributed by atoms with E-state index in [4.69, 9.17) is 4.74 Å². The molecule has 3 heteroatoms. The number of ether oxygens (including phenoxy) is 1. The molecule has 1 N–H and O–H groups in total. The van der Waals surface area contributed by atoms with Gasteiger partial charge in [0.1, 0.15) is 0 Å². The maximum absolute atomic E-state index is 13.4. The molecule has 0 bridgehead atoms. The van der Waals surface area contributed by atoms with Gasteiger partial charge in [-0.1, -0.05) is 38.7 Å². The van der Waals surface area contributed by atoms with E-state index in [1.54, 1.807) is 6.07 Å². The van der Waals surface area contributed by atoms with Crippen LogP contribution < -0.4 is 10.1 Å². The molecule has 1 unspecified atom stereocenters. The van der Waals surface area contributed by atoms with Gasteiger partial charge >= 0.3 is 0 Å². The van der Waals surface area contributed by atoms with Gasteiger partial charge in [0.25, 0.3) is 0 Å². The third kappa shape index (κ3) is 4.70. The van der Waals surface area contributed by atoms with Gasteiger partial charge in [-0.05, 0) is 49.4 Å². The summed E-state index contributed by atoms with van der Waals surface area (Å²) in [6, 6.07) is 5.32. The lowest BCUT2D eigenvalue weighted by Gasteiger charge is -2.26. The lowest BCUT2D eigenvalue weighted by Crippen LogP contribution is -2.23. The summed E-state index contributed by atoms with van der Waals surface area (Å²) in [6.45, 7) is 5.51. The van der Waals surface area contributed by atoms with Crippen LogP contribution >= 0.6 is 0 Å². The summed E-state index contributed by atoms with van der Waals surface area (Å²) in [6.07, 6.45) is 6.77. The van der Waals surface area contributed by atoms with Gasteiger partial charge in [-0.25, -0.2) is 4.39 Å². The van der Waals surface area contributed by atoms with Crippen molar-refractivity contribution in [2.75, 3.05) is 13.7 Å². The van der Waals surface area contributed by atoms with Crippen LogP contribution in [0.4, 0.5) is 4.39 Å². The summed E-state index contributed by atoms with van der Waals surface area (Å²) in [4.78, 5) is 0. The molecule has 1 atom stereocenters. The van der Waals surface area contributed by atoms with Crippen molar-refractivity contribution in [3.05, 3.63) is 29.6 Å². The third-order valence-electron chi connectivity index (χ3n) is 4.81. The Balaban J connectivity index is 1.78. The van der Waals surface area contributed by atoms with Crippen molar-refractivity contribution < 1.29 is 9.13 Å². The Morgan fingerprint density at radius 3 is 2.67 bits per heavy atom. The first-order valence-electron chi connectivity index (χ1n) is 8.17. The number of hydrogen-bond donors (Lipinski definition) is 1. The van der Waals surface area contributed by atoms with Gasteiger partial charge in [0, 0.05) is 6.04 Å². The molecule has 2 rings (SSSR count). The maximum Gasteiger partial charge on any atom is 0.165 e. The molecule has 0 aliphatic heterocycles. The Hall–Kier alpha value is -1.09. The van der Waals surface area contributed by atoms with Crippen LogP contribution in [0.2, 0.25) is 0 Å².